The zero-order valence-corrected chi connectivity index (χ0v) is 9.46. The lowest BCUT2D eigenvalue weighted by Crippen LogP contribution is -2.14. The third-order valence-corrected chi connectivity index (χ3v) is 2.24. The minimum atomic E-state index is 0. The largest absolute Gasteiger partial charge is 0.468 e. The van der Waals surface area contributed by atoms with Crippen LogP contribution in [0.25, 0.3) is 0 Å². The van der Waals surface area contributed by atoms with Gasteiger partial charge >= 0.3 is 0 Å². The number of halogens is 1. The van der Waals surface area contributed by atoms with Gasteiger partial charge in [-0.2, -0.15) is 0 Å². The Morgan fingerprint density at radius 1 is 1.27 bits per heavy atom. The molecule has 0 saturated heterocycles. The van der Waals surface area contributed by atoms with Gasteiger partial charge in [-0.05, 0) is 24.3 Å². The molecular formula is C11H15ClN2O. The molecule has 0 amide bonds. The first-order valence-corrected chi connectivity index (χ1v) is 4.69. The number of nitrogens with one attached hydrogen (secondary N) is 1. The van der Waals surface area contributed by atoms with Crippen molar-refractivity contribution >= 4 is 12.4 Å². The van der Waals surface area contributed by atoms with Crippen molar-refractivity contribution in [3.8, 4) is 0 Å². The molecule has 82 valence electrons. The Labute approximate surface area is 95.5 Å². The monoisotopic (exact) mass is 226 g/mol. The van der Waals surface area contributed by atoms with Crippen LogP contribution in [0.3, 0.4) is 0 Å². The predicted molar refractivity (Wildman–Crippen MR) is 61.9 cm³/mol. The fourth-order valence-electron chi connectivity index (χ4n) is 1.41. The van der Waals surface area contributed by atoms with Gasteiger partial charge in [-0.1, -0.05) is 0 Å². The maximum Gasteiger partial charge on any atom is 0.117 e. The Morgan fingerprint density at radius 2 is 2.13 bits per heavy atom. The fourth-order valence-corrected chi connectivity index (χ4v) is 1.41. The van der Waals surface area contributed by atoms with Crippen molar-refractivity contribution in [2.45, 2.75) is 13.1 Å². The molecule has 0 aliphatic rings. The summed E-state index contributed by atoms with van der Waals surface area (Å²) in [6.45, 7) is 1.64. The molecule has 2 aromatic heterocycles. The van der Waals surface area contributed by atoms with Crippen LogP contribution in [0.5, 0.6) is 0 Å². The Hall–Kier alpha value is -1.19. The van der Waals surface area contributed by atoms with Crippen LogP contribution in [0.15, 0.2) is 41.1 Å². The molecule has 0 bridgehead atoms. The molecule has 0 saturated carbocycles. The van der Waals surface area contributed by atoms with Crippen molar-refractivity contribution in [3.63, 3.8) is 0 Å². The van der Waals surface area contributed by atoms with Gasteiger partial charge in [0.2, 0.25) is 0 Å². The molecule has 3 nitrogen and oxygen atoms in total. The summed E-state index contributed by atoms with van der Waals surface area (Å²) in [4.78, 5) is 0. The van der Waals surface area contributed by atoms with Gasteiger partial charge in [0.1, 0.15) is 5.76 Å². The van der Waals surface area contributed by atoms with Gasteiger partial charge < -0.3 is 14.3 Å². The number of rotatable bonds is 4. The molecular weight excluding hydrogens is 212 g/mol. The van der Waals surface area contributed by atoms with Gasteiger partial charge in [-0.15, -0.1) is 12.4 Å². The molecule has 0 radical (unpaired) electrons. The topological polar surface area (TPSA) is 30.1 Å². The first kappa shape index (κ1) is 11.9. The molecule has 0 spiro atoms. The third kappa shape index (κ3) is 3.15. The SMILES string of the molecule is Cl.Cn1cccc1CNCc1ccco1. The lowest BCUT2D eigenvalue weighted by Gasteiger charge is -2.03. The summed E-state index contributed by atoms with van der Waals surface area (Å²) in [7, 11) is 2.05. The minimum Gasteiger partial charge on any atom is -0.468 e. The van der Waals surface area contributed by atoms with Gasteiger partial charge in [0, 0.05) is 25.5 Å². The van der Waals surface area contributed by atoms with Crippen LogP contribution in [0.2, 0.25) is 0 Å². The van der Waals surface area contributed by atoms with Crippen LogP contribution < -0.4 is 5.32 Å². The third-order valence-electron chi connectivity index (χ3n) is 2.24. The van der Waals surface area contributed by atoms with E-state index < -0.39 is 0 Å². The van der Waals surface area contributed by atoms with Crippen LogP contribution in [-0.4, -0.2) is 4.57 Å². The molecule has 0 atom stereocenters. The van der Waals surface area contributed by atoms with Gasteiger partial charge in [0.15, 0.2) is 0 Å². The Kier molecular flexibility index (Phi) is 4.46. The maximum absolute atomic E-state index is 5.21. The normalized spacial score (nSPS) is 9.93. The molecule has 2 aromatic rings. The van der Waals surface area contributed by atoms with Crippen LogP contribution in [-0.2, 0) is 20.1 Å². The lowest BCUT2D eigenvalue weighted by molar-refractivity contribution is 0.480. The van der Waals surface area contributed by atoms with Crippen molar-refractivity contribution in [2.75, 3.05) is 0 Å². The fraction of sp³-hybridized carbons (Fsp3) is 0.273. The van der Waals surface area contributed by atoms with E-state index >= 15 is 0 Å². The van der Waals surface area contributed by atoms with E-state index in [1.54, 1.807) is 6.26 Å². The molecule has 0 aliphatic heterocycles. The predicted octanol–water partition coefficient (Wildman–Crippen LogP) is 2.33. The number of hydrogen-bond acceptors (Lipinski definition) is 2. The quantitative estimate of drug-likeness (QED) is 0.868. The highest BCUT2D eigenvalue weighted by atomic mass is 35.5. The van der Waals surface area contributed by atoms with E-state index in [0.717, 1.165) is 18.8 Å². The summed E-state index contributed by atoms with van der Waals surface area (Å²) in [6, 6.07) is 8.02. The van der Waals surface area contributed by atoms with Crippen molar-refractivity contribution in [2.24, 2.45) is 7.05 Å². The maximum atomic E-state index is 5.21. The molecule has 1 N–H and O–H groups in total. The highest BCUT2D eigenvalue weighted by Crippen LogP contribution is 2.01. The number of nitrogens with zero attached hydrogens (tertiary/aromatic N) is 1. The number of aryl methyl sites for hydroxylation is 1. The molecule has 0 fully saturated rings. The van der Waals surface area contributed by atoms with Crippen molar-refractivity contribution in [1.29, 1.82) is 0 Å². The molecule has 2 heterocycles. The van der Waals surface area contributed by atoms with Crippen molar-refractivity contribution < 1.29 is 4.42 Å². The molecule has 0 aliphatic carbocycles. The minimum absolute atomic E-state index is 0. The molecule has 15 heavy (non-hydrogen) atoms. The van der Waals surface area contributed by atoms with E-state index in [9.17, 15) is 0 Å². The second kappa shape index (κ2) is 5.63. The Bertz CT molecular complexity index is 381. The second-order valence-corrected chi connectivity index (χ2v) is 3.29. The van der Waals surface area contributed by atoms with Gasteiger partial charge in [0.05, 0.1) is 12.8 Å². The highest BCUT2D eigenvalue weighted by Gasteiger charge is 1.97. The van der Waals surface area contributed by atoms with Crippen LogP contribution >= 0.6 is 12.4 Å². The number of hydrogen-bond donors (Lipinski definition) is 1. The first-order chi connectivity index (χ1) is 6.86. The summed E-state index contributed by atoms with van der Waals surface area (Å²) in [5, 5.41) is 3.32. The molecule has 2 rings (SSSR count). The summed E-state index contributed by atoms with van der Waals surface area (Å²) in [5.74, 6) is 0.971. The van der Waals surface area contributed by atoms with E-state index in [1.165, 1.54) is 5.69 Å². The molecule has 0 unspecified atom stereocenters. The number of furan rings is 1. The van der Waals surface area contributed by atoms with E-state index in [4.69, 9.17) is 4.42 Å². The standard InChI is InChI=1S/C11H14N2O.ClH/c1-13-6-2-4-10(13)8-12-9-11-5-3-7-14-11;/h2-7,12H,8-9H2,1H3;1H. The summed E-state index contributed by atoms with van der Waals surface area (Å²) < 4.78 is 7.32. The van der Waals surface area contributed by atoms with Crippen molar-refractivity contribution in [1.82, 2.24) is 9.88 Å². The molecule has 4 heteroatoms. The van der Waals surface area contributed by atoms with E-state index in [2.05, 4.69) is 16.0 Å². The van der Waals surface area contributed by atoms with Crippen LogP contribution in [0.1, 0.15) is 11.5 Å². The second-order valence-electron chi connectivity index (χ2n) is 3.29. The van der Waals surface area contributed by atoms with E-state index in [-0.39, 0.29) is 12.4 Å². The van der Waals surface area contributed by atoms with Gasteiger partial charge in [-0.25, -0.2) is 0 Å². The average molecular weight is 227 g/mol. The first-order valence-electron chi connectivity index (χ1n) is 4.69. The zero-order chi connectivity index (χ0) is 9.80. The summed E-state index contributed by atoms with van der Waals surface area (Å²) in [6.07, 6.45) is 3.74. The summed E-state index contributed by atoms with van der Waals surface area (Å²) >= 11 is 0. The Balaban J connectivity index is 0.00000112. The van der Waals surface area contributed by atoms with Gasteiger partial charge in [0.25, 0.3) is 0 Å². The molecule has 0 aromatic carbocycles. The Morgan fingerprint density at radius 3 is 2.73 bits per heavy atom. The summed E-state index contributed by atoms with van der Waals surface area (Å²) in [5.41, 5.74) is 1.27. The average Bonchev–Trinajstić information content (AvgIpc) is 2.78. The van der Waals surface area contributed by atoms with E-state index in [0.29, 0.717) is 0 Å². The van der Waals surface area contributed by atoms with E-state index in [1.807, 2.05) is 31.4 Å². The van der Waals surface area contributed by atoms with Crippen LogP contribution in [0, 0.1) is 0 Å². The van der Waals surface area contributed by atoms with Crippen molar-refractivity contribution in [3.05, 3.63) is 48.2 Å². The lowest BCUT2D eigenvalue weighted by atomic mass is 10.4. The van der Waals surface area contributed by atoms with Crippen LogP contribution in [0.4, 0.5) is 0 Å². The van der Waals surface area contributed by atoms with Gasteiger partial charge in [-0.3, -0.25) is 0 Å². The number of aromatic nitrogens is 1. The zero-order valence-electron chi connectivity index (χ0n) is 8.64. The smallest absolute Gasteiger partial charge is 0.117 e. The highest BCUT2D eigenvalue weighted by molar-refractivity contribution is 5.85.